The van der Waals surface area contributed by atoms with E-state index in [1.54, 1.807) is 46.0 Å². The van der Waals surface area contributed by atoms with Gasteiger partial charge in [0.05, 0.1) is 13.2 Å². The van der Waals surface area contributed by atoms with E-state index in [-0.39, 0.29) is 31.2 Å². The molecule has 16 heteroatoms. The van der Waals surface area contributed by atoms with Gasteiger partial charge in [-0.15, -0.1) is 0 Å². The van der Waals surface area contributed by atoms with Crippen molar-refractivity contribution in [1.29, 1.82) is 0 Å². The number of nitrogen functional groups attached to an aromatic ring is 1. The number of hydrogen-bond donors (Lipinski definition) is 3. The van der Waals surface area contributed by atoms with Crippen molar-refractivity contribution in [2.24, 2.45) is 0 Å². The molecule has 0 aliphatic carbocycles. The van der Waals surface area contributed by atoms with E-state index in [1.807, 2.05) is 24.3 Å². The Morgan fingerprint density at radius 3 is 2.67 bits per heavy atom. The van der Waals surface area contributed by atoms with E-state index in [9.17, 15) is 14.2 Å². The van der Waals surface area contributed by atoms with Crippen LogP contribution in [0.15, 0.2) is 71.8 Å². The fourth-order valence-electron chi connectivity index (χ4n) is 6.15. The van der Waals surface area contributed by atoms with Crippen molar-refractivity contribution in [2.45, 2.75) is 70.0 Å². The fourth-order valence-corrected chi connectivity index (χ4v) is 7.77. The summed E-state index contributed by atoms with van der Waals surface area (Å²) in [6.45, 7) is 6.64. The van der Waals surface area contributed by atoms with Crippen LogP contribution in [0.1, 0.15) is 39.5 Å². The van der Waals surface area contributed by atoms with Crippen molar-refractivity contribution in [3.63, 3.8) is 0 Å². The zero-order chi connectivity index (χ0) is 34.3. The lowest BCUT2D eigenvalue weighted by Gasteiger charge is -2.30. The molecule has 6 rings (SSSR count). The third-order valence-electron chi connectivity index (χ3n) is 8.11. The number of carbonyl (C=O) groups excluding carboxylic acids is 1. The van der Waals surface area contributed by atoms with Gasteiger partial charge in [-0.1, -0.05) is 29.8 Å². The van der Waals surface area contributed by atoms with Crippen LogP contribution >= 0.6 is 19.3 Å². The number of H-pyrrole nitrogens is 1. The number of aromatic amines is 1. The van der Waals surface area contributed by atoms with Crippen LogP contribution in [-0.2, 0) is 39.3 Å². The number of rotatable bonds is 12. The van der Waals surface area contributed by atoms with Gasteiger partial charge in [-0.3, -0.25) is 13.9 Å². The molecule has 1 unspecified atom stereocenters. The Morgan fingerprint density at radius 2 is 1.94 bits per heavy atom. The zero-order valence-corrected chi connectivity index (χ0v) is 28.4. The van der Waals surface area contributed by atoms with Gasteiger partial charge < -0.3 is 34.2 Å². The number of ether oxygens (including phenoxy) is 4. The van der Waals surface area contributed by atoms with Crippen LogP contribution in [0.5, 0.6) is 5.75 Å². The average Bonchev–Trinajstić information content (AvgIpc) is 3.63. The predicted molar refractivity (Wildman–Crippen MR) is 176 cm³/mol. The standard InChI is InChI=1S/C32H37ClN5O9P/c1-5-42-28(39)24(16-19-17-35-23-9-7-6-8-22(19)23)37-48(41,46-21-12-10-20(33)11-13-21)43-18-25-27-32(4,47-31(2,3)45-27)29(44-25)38-15-14-26(34)36-30(38)40/h6-15,17,24-25,27,29,35H,5,16,18H2,1-4H3,(H,37,41)(H2,34,36,40)/t24-,25+,27+,29+,32+,48?/m0/s1. The van der Waals surface area contributed by atoms with E-state index in [0.29, 0.717) is 5.02 Å². The lowest BCUT2D eigenvalue weighted by Crippen LogP contribution is -2.45. The number of carbonyl (C=O) groups is 1. The molecule has 2 aliphatic rings. The number of anilines is 1. The summed E-state index contributed by atoms with van der Waals surface area (Å²) < 4.78 is 52.1. The second kappa shape index (κ2) is 13.3. The second-order valence-electron chi connectivity index (χ2n) is 12.1. The summed E-state index contributed by atoms with van der Waals surface area (Å²) in [5.41, 5.74) is 5.54. The normalized spacial score (nSPS) is 25.0. The van der Waals surface area contributed by atoms with Gasteiger partial charge in [-0.25, -0.2) is 9.36 Å². The summed E-state index contributed by atoms with van der Waals surface area (Å²) in [5.74, 6) is -1.49. The highest BCUT2D eigenvalue weighted by molar-refractivity contribution is 7.52. The van der Waals surface area contributed by atoms with E-state index in [0.717, 1.165) is 16.5 Å². The molecule has 2 aromatic heterocycles. The molecule has 0 bridgehead atoms. The maximum Gasteiger partial charge on any atom is 0.459 e. The van der Waals surface area contributed by atoms with Gasteiger partial charge >= 0.3 is 19.4 Å². The number of nitrogens with two attached hydrogens (primary N) is 1. The van der Waals surface area contributed by atoms with Crippen LogP contribution in [0.25, 0.3) is 10.9 Å². The fraction of sp³-hybridized carbons (Fsp3) is 0.406. The Kier molecular flexibility index (Phi) is 9.44. The van der Waals surface area contributed by atoms with Crippen molar-refractivity contribution < 1.29 is 37.4 Å². The first-order chi connectivity index (χ1) is 22.8. The average molecular weight is 702 g/mol. The molecule has 4 heterocycles. The highest BCUT2D eigenvalue weighted by Gasteiger charge is 2.64. The Morgan fingerprint density at radius 1 is 1.19 bits per heavy atom. The lowest BCUT2D eigenvalue weighted by atomic mass is 9.96. The van der Waals surface area contributed by atoms with Crippen LogP contribution in [0.3, 0.4) is 0 Å². The minimum atomic E-state index is -4.40. The van der Waals surface area contributed by atoms with Crippen molar-refractivity contribution in [3.8, 4) is 5.75 Å². The molecule has 2 fully saturated rings. The third kappa shape index (κ3) is 7.01. The summed E-state index contributed by atoms with van der Waals surface area (Å²) in [6, 6.07) is 14.1. The Hall–Kier alpha value is -3.75. The molecule has 0 amide bonds. The molecule has 14 nitrogen and oxygen atoms in total. The SMILES string of the molecule is CCOC(=O)[C@H](Cc1c[nH]c2ccccc12)NP(=O)(OC[C@H]1O[C@@H](n2ccc(N)nc2=O)[C@]2(C)OC(C)(C)O[C@H]12)Oc1ccc(Cl)cc1. The molecular weight excluding hydrogens is 665 g/mol. The number of para-hydroxylation sites is 1. The first-order valence-electron chi connectivity index (χ1n) is 15.4. The molecule has 0 radical (unpaired) electrons. The minimum Gasteiger partial charge on any atom is -0.465 e. The van der Waals surface area contributed by atoms with E-state index in [1.165, 1.54) is 29.0 Å². The number of nitrogens with one attached hydrogen (secondary N) is 2. The van der Waals surface area contributed by atoms with Gasteiger partial charge in [0.1, 0.15) is 35.4 Å². The van der Waals surface area contributed by atoms with E-state index in [2.05, 4.69) is 15.1 Å². The third-order valence-corrected chi connectivity index (χ3v) is 9.93. The zero-order valence-electron chi connectivity index (χ0n) is 26.8. The van der Waals surface area contributed by atoms with Crippen molar-refractivity contribution in [2.75, 3.05) is 18.9 Å². The quantitative estimate of drug-likeness (QED) is 0.137. The maximum absolute atomic E-state index is 14.7. The van der Waals surface area contributed by atoms with Gasteiger partial charge in [0.25, 0.3) is 0 Å². The Labute approximate surface area is 281 Å². The smallest absolute Gasteiger partial charge is 0.459 e. The molecule has 2 aromatic carbocycles. The summed E-state index contributed by atoms with van der Waals surface area (Å²) in [7, 11) is -4.40. The number of aromatic nitrogens is 3. The first-order valence-corrected chi connectivity index (χ1v) is 17.3. The number of nitrogens with zero attached hydrogens (tertiary/aromatic N) is 2. The molecule has 4 aromatic rings. The summed E-state index contributed by atoms with van der Waals surface area (Å²) in [4.78, 5) is 33.2. The Bertz CT molecular complexity index is 1900. The highest BCUT2D eigenvalue weighted by atomic mass is 35.5. The van der Waals surface area contributed by atoms with Crippen LogP contribution in [0, 0.1) is 0 Å². The van der Waals surface area contributed by atoms with E-state index < -0.39 is 55.3 Å². The largest absolute Gasteiger partial charge is 0.465 e. The molecule has 256 valence electrons. The van der Waals surface area contributed by atoms with Crippen LogP contribution in [-0.4, -0.2) is 63.4 Å². The highest BCUT2D eigenvalue weighted by Crippen LogP contribution is 2.52. The molecule has 4 N–H and O–H groups in total. The number of esters is 1. The molecule has 2 saturated heterocycles. The topological polar surface area (TPSA) is 178 Å². The lowest BCUT2D eigenvalue weighted by molar-refractivity contribution is -0.217. The molecule has 0 spiro atoms. The van der Waals surface area contributed by atoms with Crippen LogP contribution in [0.2, 0.25) is 5.02 Å². The van der Waals surface area contributed by atoms with Crippen LogP contribution < -0.4 is 21.0 Å². The molecule has 6 atom stereocenters. The van der Waals surface area contributed by atoms with Crippen molar-refractivity contribution in [3.05, 3.63) is 88.1 Å². The van der Waals surface area contributed by atoms with Gasteiger partial charge in [-0.2, -0.15) is 10.1 Å². The summed E-state index contributed by atoms with van der Waals surface area (Å²) in [6.07, 6.45) is 0.645. The number of fused-ring (bicyclic) bond motifs is 2. The maximum atomic E-state index is 14.7. The van der Waals surface area contributed by atoms with Gasteiger partial charge in [0.15, 0.2) is 12.0 Å². The number of halogens is 1. The summed E-state index contributed by atoms with van der Waals surface area (Å²) in [5, 5.41) is 4.16. The minimum absolute atomic E-state index is 0.0508. The van der Waals surface area contributed by atoms with E-state index >= 15 is 0 Å². The van der Waals surface area contributed by atoms with E-state index in [4.69, 9.17) is 45.3 Å². The number of benzene rings is 2. The van der Waals surface area contributed by atoms with Crippen LogP contribution in [0.4, 0.5) is 5.82 Å². The molecule has 48 heavy (non-hydrogen) atoms. The van der Waals surface area contributed by atoms with Crippen molar-refractivity contribution >= 4 is 42.0 Å². The second-order valence-corrected chi connectivity index (χ2v) is 14.3. The predicted octanol–water partition coefficient (Wildman–Crippen LogP) is 4.74. The van der Waals surface area contributed by atoms with Gasteiger partial charge in [-0.05, 0) is 69.7 Å². The summed E-state index contributed by atoms with van der Waals surface area (Å²) >= 11 is 6.08. The molecular formula is C32H37ClN5O9P. The van der Waals surface area contributed by atoms with Gasteiger partial charge in [0.2, 0.25) is 0 Å². The Balaban J connectivity index is 1.30. The molecule has 2 aliphatic heterocycles. The van der Waals surface area contributed by atoms with Gasteiger partial charge in [0, 0.05) is 34.7 Å². The molecule has 0 saturated carbocycles. The monoisotopic (exact) mass is 701 g/mol. The first kappa shape index (κ1) is 34.1. The number of hydrogen-bond acceptors (Lipinski definition) is 11. The van der Waals surface area contributed by atoms with Crippen molar-refractivity contribution in [1.82, 2.24) is 19.6 Å².